The Hall–Kier alpha value is -1.18. The van der Waals surface area contributed by atoms with Crippen LogP contribution < -0.4 is 4.74 Å². The summed E-state index contributed by atoms with van der Waals surface area (Å²) in [6, 6.07) is 3.12. The molecule has 2 heterocycles. The third-order valence-electron chi connectivity index (χ3n) is 3.09. The van der Waals surface area contributed by atoms with Crippen molar-refractivity contribution >= 4 is 10.0 Å². The van der Waals surface area contributed by atoms with E-state index >= 15 is 0 Å². The zero-order valence-electron chi connectivity index (χ0n) is 12.9. The van der Waals surface area contributed by atoms with Crippen LogP contribution in [0.5, 0.6) is 5.88 Å². The number of hydrogen-bond acceptors (Lipinski definition) is 5. The van der Waals surface area contributed by atoms with Crippen LogP contribution in [-0.2, 0) is 14.8 Å². The molecule has 1 aromatic heterocycles. The molecule has 2 rings (SSSR count). The highest BCUT2D eigenvalue weighted by atomic mass is 32.2. The summed E-state index contributed by atoms with van der Waals surface area (Å²) in [6.07, 6.45) is 1.15. The van der Waals surface area contributed by atoms with Gasteiger partial charge in [0.25, 0.3) is 0 Å². The zero-order valence-corrected chi connectivity index (χ0v) is 13.7. The number of aromatic nitrogens is 1. The van der Waals surface area contributed by atoms with E-state index < -0.39 is 10.0 Å². The zero-order chi connectivity index (χ0) is 15.7. The normalized spacial score (nSPS) is 22.2. The van der Waals surface area contributed by atoms with Crippen molar-refractivity contribution < 1.29 is 17.9 Å². The summed E-state index contributed by atoms with van der Waals surface area (Å²) in [5.74, 6) is 0.149. The first kappa shape index (κ1) is 16.2. The molecule has 1 aromatic rings. The second-order valence-electron chi connectivity index (χ2n) is 5.93. The summed E-state index contributed by atoms with van der Waals surface area (Å²) >= 11 is 0. The van der Waals surface area contributed by atoms with E-state index in [0.29, 0.717) is 13.2 Å². The first-order chi connectivity index (χ1) is 9.74. The van der Waals surface area contributed by atoms with Gasteiger partial charge in [-0.1, -0.05) is 6.92 Å². The lowest BCUT2D eigenvalue weighted by atomic mass is 10.2. The summed E-state index contributed by atoms with van der Waals surface area (Å²) in [7, 11) is -3.57. The van der Waals surface area contributed by atoms with Gasteiger partial charge in [-0.2, -0.15) is 4.31 Å². The molecule has 1 unspecified atom stereocenters. The van der Waals surface area contributed by atoms with Crippen LogP contribution in [0.25, 0.3) is 0 Å². The van der Waals surface area contributed by atoms with Gasteiger partial charge >= 0.3 is 0 Å². The molecule has 1 aliphatic heterocycles. The Kier molecular flexibility index (Phi) is 4.55. The smallest absolute Gasteiger partial charge is 0.248 e. The number of hydrogen-bond donors (Lipinski definition) is 0. The van der Waals surface area contributed by atoms with Gasteiger partial charge in [-0.15, -0.1) is 0 Å². The quantitative estimate of drug-likeness (QED) is 0.849. The van der Waals surface area contributed by atoms with E-state index in [1.165, 1.54) is 16.6 Å². The Morgan fingerprint density at radius 3 is 2.81 bits per heavy atom. The Morgan fingerprint density at radius 2 is 2.19 bits per heavy atom. The van der Waals surface area contributed by atoms with Gasteiger partial charge in [0, 0.05) is 12.7 Å². The molecular formula is C14H22N2O4S. The van der Waals surface area contributed by atoms with E-state index in [9.17, 15) is 8.42 Å². The predicted octanol–water partition coefficient (Wildman–Crippen LogP) is 1.67. The predicted molar refractivity (Wildman–Crippen MR) is 78.8 cm³/mol. The summed E-state index contributed by atoms with van der Waals surface area (Å²) in [5.41, 5.74) is -0.307. The first-order valence-corrected chi connectivity index (χ1v) is 8.44. The maximum Gasteiger partial charge on any atom is 0.248 e. The number of pyridine rings is 1. The van der Waals surface area contributed by atoms with Crippen molar-refractivity contribution in [2.45, 2.75) is 44.3 Å². The monoisotopic (exact) mass is 314 g/mol. The summed E-state index contributed by atoms with van der Waals surface area (Å²) < 4.78 is 38.0. The van der Waals surface area contributed by atoms with Gasteiger partial charge < -0.3 is 9.47 Å². The van der Waals surface area contributed by atoms with Crippen LogP contribution in [0, 0.1) is 0 Å². The minimum atomic E-state index is -3.57. The average Bonchev–Trinajstić information content (AvgIpc) is 2.51. The lowest BCUT2D eigenvalue weighted by Crippen LogP contribution is -2.40. The van der Waals surface area contributed by atoms with Crippen molar-refractivity contribution in [2.24, 2.45) is 0 Å². The number of ether oxygens (including phenoxy) is 2. The Morgan fingerprint density at radius 1 is 1.48 bits per heavy atom. The van der Waals surface area contributed by atoms with Crippen LogP contribution in [0.2, 0.25) is 0 Å². The van der Waals surface area contributed by atoms with Gasteiger partial charge in [0.05, 0.1) is 18.8 Å². The fraction of sp³-hybridized carbons (Fsp3) is 0.643. The fourth-order valence-corrected chi connectivity index (χ4v) is 3.60. The molecule has 0 aliphatic carbocycles. The third kappa shape index (κ3) is 3.72. The average molecular weight is 314 g/mol. The van der Waals surface area contributed by atoms with E-state index in [-0.39, 0.29) is 29.0 Å². The molecule has 1 atom stereocenters. The highest BCUT2D eigenvalue weighted by Crippen LogP contribution is 2.29. The Labute approximate surface area is 126 Å². The molecule has 118 valence electrons. The Bertz CT molecular complexity index is 595. The molecular weight excluding hydrogens is 292 g/mol. The molecule has 0 saturated carbocycles. The van der Waals surface area contributed by atoms with Gasteiger partial charge in [0.2, 0.25) is 15.9 Å². The molecule has 0 radical (unpaired) electrons. The topological polar surface area (TPSA) is 68.7 Å². The van der Waals surface area contributed by atoms with Crippen molar-refractivity contribution in [3.63, 3.8) is 0 Å². The highest BCUT2D eigenvalue weighted by Gasteiger charge is 2.35. The van der Waals surface area contributed by atoms with Gasteiger partial charge in [-0.05, 0) is 32.9 Å². The van der Waals surface area contributed by atoms with Gasteiger partial charge in [-0.25, -0.2) is 13.4 Å². The van der Waals surface area contributed by atoms with Crippen LogP contribution in [0.1, 0.15) is 27.7 Å². The molecule has 0 N–H and O–H groups in total. The van der Waals surface area contributed by atoms with Crippen molar-refractivity contribution in [1.82, 2.24) is 9.29 Å². The lowest BCUT2D eigenvalue weighted by Gasteiger charge is -2.25. The molecule has 6 nitrogen and oxygen atoms in total. The minimum absolute atomic E-state index is 0.116. The molecule has 0 aromatic carbocycles. The number of rotatable bonds is 3. The maximum absolute atomic E-state index is 12.6. The van der Waals surface area contributed by atoms with E-state index in [2.05, 4.69) is 4.98 Å². The van der Waals surface area contributed by atoms with Crippen LogP contribution in [0.4, 0.5) is 0 Å². The Balaban J connectivity index is 2.31. The highest BCUT2D eigenvalue weighted by molar-refractivity contribution is 7.89. The standard InChI is InChI=1S/C14H22N2O4S/c1-5-16-9-11(10-19-14(2,3)4)20-13-12(21(16,17)18)7-6-8-15-13/h6-8,11H,5,9-10H2,1-4H3. The number of likely N-dealkylation sites (N-methyl/N-ethyl adjacent to an activating group) is 1. The minimum Gasteiger partial charge on any atom is -0.470 e. The summed E-state index contributed by atoms with van der Waals surface area (Å²) in [5, 5.41) is 0. The van der Waals surface area contributed by atoms with Crippen molar-refractivity contribution in [2.75, 3.05) is 19.7 Å². The molecule has 0 bridgehead atoms. The molecule has 1 aliphatic rings. The van der Waals surface area contributed by atoms with Crippen LogP contribution >= 0.6 is 0 Å². The van der Waals surface area contributed by atoms with Crippen molar-refractivity contribution in [3.05, 3.63) is 18.3 Å². The maximum atomic E-state index is 12.6. The molecule has 21 heavy (non-hydrogen) atoms. The van der Waals surface area contributed by atoms with Crippen LogP contribution in [0.3, 0.4) is 0 Å². The number of nitrogens with zero attached hydrogens (tertiary/aromatic N) is 2. The van der Waals surface area contributed by atoms with E-state index in [1.807, 2.05) is 20.8 Å². The van der Waals surface area contributed by atoms with E-state index in [1.54, 1.807) is 13.0 Å². The van der Waals surface area contributed by atoms with Crippen LogP contribution in [0.15, 0.2) is 23.2 Å². The second-order valence-corrected chi connectivity index (χ2v) is 7.83. The molecule has 0 fully saturated rings. The SMILES string of the molecule is CCN1CC(COC(C)(C)C)Oc2ncccc2S1(=O)=O. The first-order valence-electron chi connectivity index (χ1n) is 7.00. The van der Waals surface area contributed by atoms with E-state index in [0.717, 1.165) is 0 Å². The molecule has 0 spiro atoms. The second kappa shape index (κ2) is 5.90. The molecule has 0 saturated heterocycles. The summed E-state index contributed by atoms with van der Waals surface area (Å²) in [4.78, 5) is 4.17. The van der Waals surface area contributed by atoms with Gasteiger partial charge in [0.1, 0.15) is 11.0 Å². The fourth-order valence-electron chi connectivity index (χ4n) is 2.05. The van der Waals surface area contributed by atoms with E-state index in [4.69, 9.17) is 9.47 Å². The van der Waals surface area contributed by atoms with Crippen molar-refractivity contribution in [1.29, 1.82) is 0 Å². The van der Waals surface area contributed by atoms with Gasteiger partial charge in [0.15, 0.2) is 0 Å². The lowest BCUT2D eigenvalue weighted by molar-refractivity contribution is -0.0450. The molecule has 0 amide bonds. The summed E-state index contributed by atoms with van der Waals surface area (Å²) in [6.45, 7) is 8.60. The largest absolute Gasteiger partial charge is 0.470 e. The number of fused-ring (bicyclic) bond motifs is 1. The number of sulfonamides is 1. The van der Waals surface area contributed by atoms with Crippen LogP contribution in [-0.4, -0.2) is 49.1 Å². The molecule has 7 heteroatoms. The third-order valence-corrected chi connectivity index (χ3v) is 5.05. The van der Waals surface area contributed by atoms with Crippen molar-refractivity contribution in [3.8, 4) is 5.88 Å². The van der Waals surface area contributed by atoms with Gasteiger partial charge in [-0.3, -0.25) is 0 Å².